The van der Waals surface area contributed by atoms with Crippen molar-refractivity contribution >= 4 is 23.5 Å². The zero-order valence-corrected chi connectivity index (χ0v) is 22.5. The van der Waals surface area contributed by atoms with E-state index in [1.165, 1.54) is 26.7 Å². The molecule has 0 aromatic heterocycles. The highest BCUT2D eigenvalue weighted by Gasteiger charge is 2.08. The van der Waals surface area contributed by atoms with Crippen LogP contribution in [-0.2, 0) is 38.1 Å². The molecule has 0 atom stereocenters. The van der Waals surface area contributed by atoms with Crippen LogP contribution in [0.2, 0.25) is 0 Å². The maximum atomic E-state index is 11.8. The van der Waals surface area contributed by atoms with Crippen LogP contribution in [0.15, 0.2) is 0 Å². The Kier molecular flexibility index (Phi) is 32.1. The number of hydrogen-bond acceptors (Lipinski definition) is 8. The predicted molar refractivity (Wildman–Crippen MR) is 135 cm³/mol. The van der Waals surface area contributed by atoms with Crippen molar-refractivity contribution in [1.82, 2.24) is 4.90 Å². The second-order valence-corrected chi connectivity index (χ2v) is 7.71. The number of amides is 3. The van der Waals surface area contributed by atoms with Crippen molar-refractivity contribution in [3.63, 3.8) is 0 Å². The van der Waals surface area contributed by atoms with Gasteiger partial charge in [0.05, 0.1) is 52.9 Å². The third-order valence-corrected chi connectivity index (χ3v) is 3.92. The highest BCUT2D eigenvalue weighted by Crippen LogP contribution is 1.99. The molecule has 0 saturated carbocycles. The fourth-order valence-electron chi connectivity index (χ4n) is 1.87. The number of carbonyl (C=O) groups is 4. The minimum Gasteiger partial charge on any atom is -0.379 e. The smallest absolute Gasteiger partial charge is 0.222 e. The number of ether oxygens (including phenoxy) is 4. The SMILES string of the molecule is CC(C)=O.CCCC.CN(CCOCCOCCOCCOCCC(N)=O)C(=O)CCCC(N)=O. The number of primary amides is 2. The van der Waals surface area contributed by atoms with E-state index in [4.69, 9.17) is 30.4 Å². The number of nitrogens with two attached hydrogens (primary N) is 2. The van der Waals surface area contributed by atoms with Gasteiger partial charge < -0.3 is 40.1 Å². The van der Waals surface area contributed by atoms with Gasteiger partial charge >= 0.3 is 0 Å². The highest BCUT2D eigenvalue weighted by atomic mass is 16.6. The molecule has 0 aliphatic carbocycles. The van der Waals surface area contributed by atoms with Gasteiger partial charge in [0.15, 0.2) is 0 Å². The molecule has 35 heavy (non-hydrogen) atoms. The summed E-state index contributed by atoms with van der Waals surface area (Å²) in [6.45, 7) is 11.2. The maximum Gasteiger partial charge on any atom is 0.222 e. The molecule has 0 radical (unpaired) electrons. The molecule has 208 valence electrons. The number of rotatable bonds is 20. The summed E-state index contributed by atoms with van der Waals surface area (Å²) in [7, 11) is 1.70. The summed E-state index contributed by atoms with van der Waals surface area (Å²) in [6.07, 6.45) is 3.84. The van der Waals surface area contributed by atoms with Crippen molar-refractivity contribution in [2.45, 2.75) is 66.2 Å². The van der Waals surface area contributed by atoms with Gasteiger partial charge in [-0.05, 0) is 20.3 Å². The minimum atomic E-state index is -0.396. The van der Waals surface area contributed by atoms with E-state index in [0.29, 0.717) is 72.2 Å². The third-order valence-electron chi connectivity index (χ3n) is 3.92. The number of unbranched alkanes of at least 4 members (excludes halogenated alkanes) is 1. The van der Waals surface area contributed by atoms with Gasteiger partial charge in [-0.25, -0.2) is 0 Å². The average Bonchev–Trinajstić information content (AvgIpc) is 2.78. The summed E-state index contributed by atoms with van der Waals surface area (Å²) in [6, 6.07) is 0. The van der Waals surface area contributed by atoms with Gasteiger partial charge in [0.1, 0.15) is 5.78 Å². The lowest BCUT2D eigenvalue weighted by Gasteiger charge is -2.17. The monoisotopic (exact) mass is 507 g/mol. The largest absolute Gasteiger partial charge is 0.379 e. The lowest BCUT2D eigenvalue weighted by molar-refractivity contribution is -0.131. The van der Waals surface area contributed by atoms with Crippen molar-refractivity contribution in [3.05, 3.63) is 0 Å². The molecule has 11 heteroatoms. The third kappa shape index (κ3) is 42.5. The van der Waals surface area contributed by atoms with E-state index in [1.807, 2.05) is 0 Å². The van der Waals surface area contributed by atoms with E-state index in [0.717, 1.165) is 0 Å². The molecule has 0 aliphatic rings. The Hall–Kier alpha value is -2.08. The molecule has 0 saturated heterocycles. The summed E-state index contributed by atoms with van der Waals surface area (Å²) in [5.41, 5.74) is 10.0. The minimum absolute atomic E-state index is 0.0353. The molecule has 0 rings (SSSR count). The van der Waals surface area contributed by atoms with Crippen LogP contribution in [0.3, 0.4) is 0 Å². The number of carbonyl (C=O) groups excluding carboxylic acids is 4. The Balaban J connectivity index is -0.00000110. The molecular formula is C24H49N3O8. The first-order valence-electron chi connectivity index (χ1n) is 12.2. The van der Waals surface area contributed by atoms with Crippen LogP contribution in [-0.4, -0.2) is 94.9 Å². The molecule has 3 amide bonds. The van der Waals surface area contributed by atoms with Crippen molar-refractivity contribution in [2.24, 2.45) is 11.5 Å². The van der Waals surface area contributed by atoms with Crippen molar-refractivity contribution in [3.8, 4) is 0 Å². The van der Waals surface area contributed by atoms with E-state index in [9.17, 15) is 19.2 Å². The van der Waals surface area contributed by atoms with Crippen molar-refractivity contribution in [1.29, 1.82) is 0 Å². The van der Waals surface area contributed by atoms with Crippen LogP contribution >= 0.6 is 0 Å². The molecule has 0 aromatic carbocycles. The van der Waals surface area contributed by atoms with E-state index >= 15 is 0 Å². The summed E-state index contributed by atoms with van der Waals surface area (Å²) in [5.74, 6) is -0.649. The summed E-state index contributed by atoms with van der Waals surface area (Å²) < 4.78 is 21.2. The Labute approximate surface area is 211 Å². The molecule has 11 nitrogen and oxygen atoms in total. The fourth-order valence-corrected chi connectivity index (χ4v) is 1.87. The van der Waals surface area contributed by atoms with Gasteiger partial charge in [0.2, 0.25) is 17.7 Å². The summed E-state index contributed by atoms with van der Waals surface area (Å²) >= 11 is 0. The van der Waals surface area contributed by atoms with Crippen LogP contribution in [0.4, 0.5) is 0 Å². The zero-order chi connectivity index (χ0) is 27.3. The van der Waals surface area contributed by atoms with Gasteiger partial charge in [-0.1, -0.05) is 26.7 Å². The van der Waals surface area contributed by atoms with Crippen molar-refractivity contribution in [2.75, 3.05) is 66.4 Å². The quantitative estimate of drug-likeness (QED) is 0.234. The Morgan fingerprint density at radius 1 is 0.629 bits per heavy atom. The van der Waals surface area contributed by atoms with Crippen LogP contribution in [0.25, 0.3) is 0 Å². The summed E-state index contributed by atoms with van der Waals surface area (Å²) in [5, 5.41) is 0. The number of hydrogen-bond donors (Lipinski definition) is 2. The Bertz CT molecular complexity index is 527. The van der Waals surface area contributed by atoms with Crippen molar-refractivity contribution < 1.29 is 38.1 Å². The molecule has 0 bridgehead atoms. The Morgan fingerprint density at radius 3 is 1.37 bits per heavy atom. The van der Waals surface area contributed by atoms with Crippen LogP contribution in [0.1, 0.15) is 66.2 Å². The molecule has 0 unspecified atom stereocenters. The first kappa shape index (κ1) is 37.5. The van der Waals surface area contributed by atoms with E-state index in [1.54, 1.807) is 11.9 Å². The molecule has 0 spiro atoms. The topological polar surface area (TPSA) is 160 Å². The standard InChI is InChI=1S/C17H33N3O7.C4H10.C3H6O/c1-20(17(23)4-2-3-15(18)21)6-8-25-10-12-27-14-13-26-11-9-24-7-5-16(19)22;1-3-4-2;1-3(2)4/h2-14H2,1H3,(H2,18,21)(H2,19,22);3-4H2,1-2H3;1-2H3. The lowest BCUT2D eigenvalue weighted by Crippen LogP contribution is -2.30. The Morgan fingerprint density at radius 2 is 1.00 bits per heavy atom. The van der Waals surface area contributed by atoms with E-state index in [2.05, 4.69) is 13.8 Å². The fraction of sp³-hybridized carbons (Fsp3) is 0.833. The molecule has 0 aliphatic heterocycles. The predicted octanol–water partition coefficient (Wildman–Crippen LogP) is 1.44. The molecule has 0 heterocycles. The molecule has 0 fully saturated rings. The lowest BCUT2D eigenvalue weighted by atomic mass is 10.2. The zero-order valence-electron chi connectivity index (χ0n) is 22.5. The first-order valence-corrected chi connectivity index (χ1v) is 12.2. The van der Waals surface area contributed by atoms with Crippen LogP contribution in [0.5, 0.6) is 0 Å². The van der Waals surface area contributed by atoms with Gasteiger partial charge in [0.25, 0.3) is 0 Å². The van der Waals surface area contributed by atoms with Crippen LogP contribution in [0, 0.1) is 0 Å². The van der Waals surface area contributed by atoms with Gasteiger partial charge in [-0.3, -0.25) is 14.4 Å². The van der Waals surface area contributed by atoms with E-state index < -0.39 is 5.91 Å². The highest BCUT2D eigenvalue weighted by molar-refractivity contribution is 5.78. The molecule has 4 N–H and O–H groups in total. The normalized spacial score (nSPS) is 9.86. The number of likely N-dealkylation sites (N-methyl/N-ethyl adjacent to an activating group) is 1. The molecule has 0 aromatic rings. The number of nitrogens with zero attached hydrogens (tertiary/aromatic N) is 1. The second-order valence-electron chi connectivity index (χ2n) is 7.71. The average molecular weight is 508 g/mol. The van der Waals surface area contributed by atoms with Gasteiger partial charge in [-0.15, -0.1) is 0 Å². The van der Waals surface area contributed by atoms with Crippen LogP contribution < -0.4 is 11.5 Å². The summed E-state index contributed by atoms with van der Waals surface area (Å²) in [4.78, 5) is 43.9. The maximum absolute atomic E-state index is 11.8. The van der Waals surface area contributed by atoms with Gasteiger partial charge in [-0.2, -0.15) is 0 Å². The van der Waals surface area contributed by atoms with Gasteiger partial charge in [0, 0.05) is 32.9 Å². The molecular weight excluding hydrogens is 458 g/mol. The number of ketones is 1. The second kappa shape index (κ2) is 30.0. The number of Topliss-reactive ketones (excluding diaryl/α,β-unsaturated/α-hetero) is 1. The first-order chi connectivity index (χ1) is 16.6. The van der Waals surface area contributed by atoms with E-state index in [-0.39, 0.29) is 30.4 Å².